The number of nitrogens with one attached hydrogen (secondary N) is 1. The van der Waals surface area contributed by atoms with Gasteiger partial charge >= 0.3 is 0 Å². The van der Waals surface area contributed by atoms with E-state index in [0.29, 0.717) is 17.4 Å². The van der Waals surface area contributed by atoms with Gasteiger partial charge in [0, 0.05) is 16.8 Å². The van der Waals surface area contributed by atoms with Gasteiger partial charge in [-0.3, -0.25) is 4.79 Å². The van der Waals surface area contributed by atoms with Gasteiger partial charge in [0.2, 0.25) is 11.7 Å². The Morgan fingerprint density at radius 1 is 1.21 bits per heavy atom. The first-order valence-electron chi connectivity index (χ1n) is 7.34. The van der Waals surface area contributed by atoms with E-state index in [9.17, 15) is 4.79 Å². The van der Waals surface area contributed by atoms with E-state index in [0.717, 1.165) is 16.7 Å². The molecule has 6 heteroatoms. The van der Waals surface area contributed by atoms with Crippen LogP contribution in [0.3, 0.4) is 0 Å². The molecule has 1 heterocycles. The summed E-state index contributed by atoms with van der Waals surface area (Å²) >= 11 is 0. The zero-order chi connectivity index (χ0) is 16.9. The Balaban J connectivity index is 1.78. The lowest BCUT2D eigenvalue weighted by molar-refractivity contribution is -0.115. The molecule has 0 aliphatic rings. The van der Waals surface area contributed by atoms with Gasteiger partial charge in [-0.1, -0.05) is 28.9 Å². The van der Waals surface area contributed by atoms with Crippen LogP contribution in [-0.4, -0.2) is 16.0 Å². The predicted molar refractivity (Wildman–Crippen MR) is 88.8 cm³/mol. The van der Waals surface area contributed by atoms with Gasteiger partial charge < -0.3 is 9.84 Å². The average Bonchev–Trinajstić information content (AvgIpc) is 3.06. The first-order valence-corrected chi connectivity index (χ1v) is 7.34. The number of aryl methyl sites for hydroxylation is 1. The van der Waals surface area contributed by atoms with Gasteiger partial charge in [-0.15, -0.1) is 0 Å². The number of amides is 1. The summed E-state index contributed by atoms with van der Waals surface area (Å²) in [5, 5.41) is 15.1. The molecule has 2 aromatic carbocycles. The molecule has 0 spiro atoms. The highest BCUT2D eigenvalue weighted by atomic mass is 16.5. The third-order valence-corrected chi connectivity index (χ3v) is 3.36. The van der Waals surface area contributed by atoms with E-state index in [1.165, 1.54) is 0 Å². The molecule has 0 fully saturated rings. The Morgan fingerprint density at radius 2 is 2.00 bits per heavy atom. The molecule has 0 atom stereocenters. The molecule has 0 radical (unpaired) electrons. The minimum absolute atomic E-state index is 0.175. The summed E-state index contributed by atoms with van der Waals surface area (Å²) in [7, 11) is 0. The van der Waals surface area contributed by atoms with Gasteiger partial charge in [0.15, 0.2) is 0 Å². The van der Waals surface area contributed by atoms with Crippen LogP contribution in [0.1, 0.15) is 12.0 Å². The zero-order valence-corrected chi connectivity index (χ0v) is 13.0. The van der Waals surface area contributed by atoms with Crippen molar-refractivity contribution in [3.63, 3.8) is 0 Å². The Morgan fingerprint density at radius 3 is 2.71 bits per heavy atom. The summed E-state index contributed by atoms with van der Waals surface area (Å²) in [4.78, 5) is 15.8. The van der Waals surface area contributed by atoms with Crippen molar-refractivity contribution in [1.82, 2.24) is 10.1 Å². The molecule has 3 rings (SSSR count). The van der Waals surface area contributed by atoms with Crippen molar-refractivity contribution in [3.8, 4) is 28.9 Å². The maximum Gasteiger partial charge on any atom is 0.258 e. The van der Waals surface area contributed by atoms with E-state index in [1.54, 1.807) is 30.3 Å². The number of nitrogens with zero attached hydrogens (tertiary/aromatic N) is 3. The molecule has 0 aliphatic carbocycles. The predicted octanol–water partition coefficient (Wildman–Crippen LogP) is 3.56. The standard InChI is InChI=1S/C18H14N4O2/c1-12-3-2-4-14(11-12)17-21-18(24-22-17)13-5-7-15(8-6-13)20-16(23)9-10-19/h2-8,11H,9H2,1H3,(H,20,23). The van der Waals surface area contributed by atoms with Crippen molar-refractivity contribution in [2.24, 2.45) is 0 Å². The van der Waals surface area contributed by atoms with Crippen molar-refractivity contribution < 1.29 is 9.32 Å². The van der Waals surface area contributed by atoms with Gasteiger partial charge in [-0.2, -0.15) is 10.2 Å². The second kappa shape index (κ2) is 6.75. The first-order chi connectivity index (χ1) is 11.7. The minimum atomic E-state index is -0.343. The molecule has 6 nitrogen and oxygen atoms in total. The van der Waals surface area contributed by atoms with Crippen LogP contribution in [0.15, 0.2) is 53.1 Å². The highest BCUT2D eigenvalue weighted by Gasteiger charge is 2.11. The Hall–Kier alpha value is -3.46. The van der Waals surface area contributed by atoms with E-state index in [-0.39, 0.29) is 12.3 Å². The molecule has 3 aromatic rings. The second-order valence-electron chi connectivity index (χ2n) is 5.25. The number of hydrogen-bond donors (Lipinski definition) is 1. The summed E-state index contributed by atoms with van der Waals surface area (Å²) in [6.45, 7) is 2.00. The highest BCUT2D eigenvalue weighted by molar-refractivity contribution is 5.92. The second-order valence-corrected chi connectivity index (χ2v) is 5.25. The van der Waals surface area contributed by atoms with Gasteiger partial charge in [0.1, 0.15) is 6.42 Å². The van der Waals surface area contributed by atoms with Crippen LogP contribution >= 0.6 is 0 Å². The van der Waals surface area contributed by atoms with Crippen LogP contribution in [0.5, 0.6) is 0 Å². The average molecular weight is 318 g/mol. The lowest BCUT2D eigenvalue weighted by Gasteiger charge is -2.02. The van der Waals surface area contributed by atoms with Crippen LogP contribution in [0, 0.1) is 18.3 Å². The monoisotopic (exact) mass is 318 g/mol. The lowest BCUT2D eigenvalue weighted by atomic mass is 10.1. The fraction of sp³-hybridized carbons (Fsp3) is 0.111. The first kappa shape index (κ1) is 15.4. The molecule has 0 saturated heterocycles. The Bertz CT molecular complexity index is 907. The van der Waals surface area contributed by atoms with Crippen molar-refractivity contribution in [2.45, 2.75) is 13.3 Å². The summed E-state index contributed by atoms with van der Waals surface area (Å²) in [6.07, 6.45) is -0.175. The number of benzene rings is 2. The molecular formula is C18H14N4O2. The highest BCUT2D eigenvalue weighted by Crippen LogP contribution is 2.24. The molecule has 0 unspecified atom stereocenters. The largest absolute Gasteiger partial charge is 0.334 e. The number of nitriles is 1. The van der Waals surface area contributed by atoms with E-state index in [2.05, 4.69) is 15.5 Å². The van der Waals surface area contributed by atoms with Gasteiger partial charge in [0.05, 0.1) is 6.07 Å². The van der Waals surface area contributed by atoms with Crippen molar-refractivity contribution in [1.29, 1.82) is 5.26 Å². The molecule has 0 bridgehead atoms. The molecular weight excluding hydrogens is 304 g/mol. The Labute approximate surface area is 138 Å². The van der Waals surface area contributed by atoms with Crippen LogP contribution in [0.4, 0.5) is 5.69 Å². The SMILES string of the molecule is Cc1cccc(-c2noc(-c3ccc(NC(=O)CC#N)cc3)n2)c1. The molecule has 1 N–H and O–H groups in total. The van der Waals surface area contributed by atoms with E-state index in [4.69, 9.17) is 9.78 Å². The molecule has 118 valence electrons. The van der Waals surface area contributed by atoms with Gasteiger partial charge in [0.25, 0.3) is 5.89 Å². The minimum Gasteiger partial charge on any atom is -0.334 e. The molecule has 24 heavy (non-hydrogen) atoms. The van der Waals surface area contributed by atoms with E-state index >= 15 is 0 Å². The lowest BCUT2D eigenvalue weighted by Crippen LogP contribution is -2.09. The van der Waals surface area contributed by atoms with E-state index < -0.39 is 0 Å². The quantitative estimate of drug-likeness (QED) is 0.794. The summed E-state index contributed by atoms with van der Waals surface area (Å²) in [5.74, 6) is 0.589. The normalized spacial score (nSPS) is 10.2. The number of anilines is 1. The van der Waals surface area contributed by atoms with Crippen molar-refractivity contribution in [2.75, 3.05) is 5.32 Å². The molecule has 0 aliphatic heterocycles. The van der Waals surface area contributed by atoms with E-state index in [1.807, 2.05) is 31.2 Å². The summed E-state index contributed by atoms with van der Waals surface area (Å²) in [5.41, 5.74) is 3.37. The molecule has 1 amide bonds. The van der Waals surface area contributed by atoms with Crippen LogP contribution in [-0.2, 0) is 4.79 Å². The van der Waals surface area contributed by atoms with Crippen molar-refractivity contribution in [3.05, 3.63) is 54.1 Å². The number of hydrogen-bond acceptors (Lipinski definition) is 5. The number of carbonyl (C=O) groups is 1. The topological polar surface area (TPSA) is 91.8 Å². The maximum atomic E-state index is 11.4. The zero-order valence-electron chi connectivity index (χ0n) is 13.0. The summed E-state index contributed by atoms with van der Waals surface area (Å²) in [6, 6.07) is 16.7. The number of aromatic nitrogens is 2. The molecule has 0 saturated carbocycles. The Kier molecular flexibility index (Phi) is 4.34. The third-order valence-electron chi connectivity index (χ3n) is 3.36. The fourth-order valence-corrected chi connectivity index (χ4v) is 2.22. The van der Waals surface area contributed by atoms with Crippen LogP contribution in [0.25, 0.3) is 22.8 Å². The third kappa shape index (κ3) is 3.47. The maximum absolute atomic E-state index is 11.4. The van der Waals surface area contributed by atoms with Crippen molar-refractivity contribution >= 4 is 11.6 Å². The van der Waals surface area contributed by atoms with Gasteiger partial charge in [-0.25, -0.2) is 0 Å². The summed E-state index contributed by atoms with van der Waals surface area (Å²) < 4.78 is 5.31. The molecule has 1 aromatic heterocycles. The van der Waals surface area contributed by atoms with Crippen LogP contribution < -0.4 is 5.32 Å². The fourth-order valence-electron chi connectivity index (χ4n) is 2.22. The number of carbonyl (C=O) groups excluding carboxylic acids is 1. The van der Waals surface area contributed by atoms with Crippen LogP contribution in [0.2, 0.25) is 0 Å². The van der Waals surface area contributed by atoms with Gasteiger partial charge in [-0.05, 0) is 37.3 Å². The smallest absolute Gasteiger partial charge is 0.258 e. The number of rotatable bonds is 4.